The van der Waals surface area contributed by atoms with Gasteiger partial charge >= 0.3 is 0 Å². The van der Waals surface area contributed by atoms with Crippen LogP contribution in [0.4, 0.5) is 0 Å². The molecule has 0 aliphatic heterocycles. The molecule has 4 nitrogen and oxygen atoms in total. The van der Waals surface area contributed by atoms with Crippen LogP contribution in [-0.2, 0) is 9.84 Å². The molecular formula is C20H17ClO4S. The number of carbonyl (C=O) groups excluding carboxylic acids is 1. The molecule has 0 fully saturated rings. The predicted octanol–water partition coefficient (Wildman–Crippen LogP) is 5.03. The zero-order valence-corrected chi connectivity index (χ0v) is 15.6. The highest BCUT2D eigenvalue weighted by molar-refractivity contribution is 7.91. The number of Topliss-reactive ketones (excluding diaryl/α,β-unsaturated/α-hetero) is 1. The molecule has 3 rings (SSSR count). The fraction of sp³-hybridized carbons (Fsp3) is 0.150. The van der Waals surface area contributed by atoms with Gasteiger partial charge in [0.05, 0.1) is 11.2 Å². The lowest BCUT2D eigenvalue weighted by atomic mass is 10.1. The van der Waals surface area contributed by atoms with E-state index in [9.17, 15) is 13.2 Å². The van der Waals surface area contributed by atoms with Crippen LogP contribution < -0.4 is 0 Å². The van der Waals surface area contributed by atoms with E-state index in [4.69, 9.17) is 16.0 Å². The topological polar surface area (TPSA) is 64.3 Å². The molecule has 0 radical (unpaired) electrons. The number of hydrogen-bond acceptors (Lipinski definition) is 4. The average Bonchev–Trinajstić information content (AvgIpc) is 3.14. The Morgan fingerprint density at radius 3 is 2.27 bits per heavy atom. The maximum atomic E-state index is 13.1. The smallest absolute Gasteiger partial charge is 0.188 e. The third-order valence-corrected chi connectivity index (χ3v) is 6.45. The van der Waals surface area contributed by atoms with Gasteiger partial charge in [0.15, 0.2) is 15.6 Å². The van der Waals surface area contributed by atoms with Crippen LogP contribution in [0.3, 0.4) is 0 Å². The average molecular weight is 389 g/mol. The second-order valence-corrected chi connectivity index (χ2v) is 8.56. The summed E-state index contributed by atoms with van der Waals surface area (Å²) in [6.07, 6.45) is 1.19. The molecule has 0 N–H and O–H groups in total. The fourth-order valence-corrected chi connectivity index (χ4v) is 4.43. The van der Waals surface area contributed by atoms with Gasteiger partial charge in [-0.1, -0.05) is 29.3 Å². The van der Waals surface area contributed by atoms with Crippen molar-refractivity contribution >= 4 is 27.2 Å². The van der Waals surface area contributed by atoms with Crippen molar-refractivity contribution in [3.63, 3.8) is 0 Å². The fourth-order valence-electron chi connectivity index (χ4n) is 2.65. The zero-order chi connectivity index (χ0) is 18.7. The van der Waals surface area contributed by atoms with Crippen LogP contribution in [0.2, 0.25) is 5.02 Å². The van der Waals surface area contributed by atoms with E-state index in [1.807, 2.05) is 6.92 Å². The molecule has 0 saturated carbocycles. The minimum Gasteiger partial charge on any atom is -0.468 e. The van der Waals surface area contributed by atoms with Crippen molar-refractivity contribution < 1.29 is 17.6 Å². The Balaban J connectivity index is 1.97. The Morgan fingerprint density at radius 2 is 1.69 bits per heavy atom. The number of sulfone groups is 1. The summed E-state index contributed by atoms with van der Waals surface area (Å²) in [5.41, 5.74) is 1.36. The lowest BCUT2D eigenvalue weighted by Gasteiger charge is -2.15. The highest BCUT2D eigenvalue weighted by Crippen LogP contribution is 2.33. The van der Waals surface area contributed by atoms with Gasteiger partial charge in [-0.2, -0.15) is 0 Å². The summed E-state index contributed by atoms with van der Waals surface area (Å²) in [4.78, 5) is 12.8. The largest absolute Gasteiger partial charge is 0.468 e. The van der Waals surface area contributed by atoms with Gasteiger partial charge in [0.1, 0.15) is 11.0 Å². The van der Waals surface area contributed by atoms with Crippen molar-refractivity contribution in [2.75, 3.05) is 0 Å². The van der Waals surface area contributed by atoms with Crippen LogP contribution in [0.5, 0.6) is 0 Å². The standard InChI is InChI=1S/C20H17ClO4S/c1-14-4-10-17(11-5-14)26(23,24)20(19-3-2-12-25-19)13-18(22)15-6-8-16(21)9-7-15/h2-12,20H,13H2,1H3/t20-/m0/s1. The first-order valence-corrected chi connectivity index (χ1v) is 9.93. The monoisotopic (exact) mass is 388 g/mol. The maximum absolute atomic E-state index is 13.1. The highest BCUT2D eigenvalue weighted by Gasteiger charge is 2.33. The molecule has 6 heteroatoms. The van der Waals surface area contributed by atoms with E-state index in [1.165, 1.54) is 6.26 Å². The van der Waals surface area contributed by atoms with Crippen LogP contribution in [-0.4, -0.2) is 14.2 Å². The van der Waals surface area contributed by atoms with E-state index < -0.39 is 15.1 Å². The Kier molecular flexibility index (Phi) is 5.30. The van der Waals surface area contributed by atoms with E-state index in [0.29, 0.717) is 10.6 Å². The molecule has 1 heterocycles. The number of rotatable bonds is 6. The minimum atomic E-state index is -3.79. The molecule has 26 heavy (non-hydrogen) atoms. The predicted molar refractivity (Wildman–Crippen MR) is 100 cm³/mol. The molecule has 0 spiro atoms. The molecule has 1 aromatic heterocycles. The summed E-state index contributed by atoms with van der Waals surface area (Å²) in [6, 6.07) is 16.1. The Bertz CT molecular complexity index is 989. The molecule has 3 aromatic rings. The second-order valence-electron chi connectivity index (χ2n) is 6.00. The number of benzene rings is 2. The molecular weight excluding hydrogens is 372 g/mol. The van der Waals surface area contributed by atoms with Crippen LogP contribution in [0, 0.1) is 6.92 Å². The summed E-state index contributed by atoms with van der Waals surface area (Å²) < 4.78 is 31.6. The quantitative estimate of drug-likeness (QED) is 0.555. The van der Waals surface area contributed by atoms with Gasteiger partial charge in [-0.25, -0.2) is 8.42 Å². The van der Waals surface area contributed by atoms with Gasteiger partial charge in [0, 0.05) is 17.0 Å². The van der Waals surface area contributed by atoms with E-state index in [2.05, 4.69) is 0 Å². The number of aryl methyl sites for hydroxylation is 1. The second kappa shape index (κ2) is 7.48. The van der Waals surface area contributed by atoms with Crippen LogP contribution in [0.1, 0.15) is 33.4 Å². The van der Waals surface area contributed by atoms with Crippen molar-refractivity contribution in [3.8, 4) is 0 Å². The number of furan rings is 1. The summed E-state index contributed by atoms with van der Waals surface area (Å²) >= 11 is 5.85. The number of ketones is 1. The Morgan fingerprint density at radius 1 is 1.04 bits per heavy atom. The van der Waals surface area contributed by atoms with Crippen molar-refractivity contribution in [3.05, 3.63) is 88.8 Å². The van der Waals surface area contributed by atoms with Crippen LogP contribution in [0.25, 0.3) is 0 Å². The van der Waals surface area contributed by atoms with E-state index in [-0.39, 0.29) is 22.9 Å². The van der Waals surface area contributed by atoms with Crippen LogP contribution >= 0.6 is 11.6 Å². The van der Waals surface area contributed by atoms with Crippen molar-refractivity contribution in [2.24, 2.45) is 0 Å². The number of hydrogen-bond donors (Lipinski definition) is 0. The molecule has 0 aliphatic rings. The molecule has 1 atom stereocenters. The molecule has 134 valence electrons. The summed E-state index contributed by atoms with van der Waals surface area (Å²) in [6.45, 7) is 1.88. The van der Waals surface area contributed by atoms with Gasteiger partial charge in [-0.05, 0) is 55.5 Å². The lowest BCUT2D eigenvalue weighted by molar-refractivity contribution is 0.0978. The molecule has 0 unspecified atom stereocenters. The first kappa shape index (κ1) is 18.4. The first-order valence-electron chi connectivity index (χ1n) is 8.00. The first-order chi connectivity index (χ1) is 12.4. The third kappa shape index (κ3) is 3.89. The van der Waals surface area contributed by atoms with Crippen molar-refractivity contribution in [2.45, 2.75) is 23.5 Å². The van der Waals surface area contributed by atoms with E-state index in [0.717, 1.165) is 5.56 Å². The van der Waals surface area contributed by atoms with Gasteiger partial charge in [0.25, 0.3) is 0 Å². The third-order valence-electron chi connectivity index (χ3n) is 4.12. The van der Waals surface area contributed by atoms with E-state index >= 15 is 0 Å². The summed E-state index contributed by atoms with van der Waals surface area (Å²) in [5.74, 6) is -0.0494. The molecule has 0 saturated heterocycles. The normalized spacial score (nSPS) is 12.7. The van der Waals surface area contributed by atoms with Crippen molar-refractivity contribution in [1.82, 2.24) is 0 Å². The van der Waals surface area contributed by atoms with Gasteiger partial charge in [-0.15, -0.1) is 0 Å². The maximum Gasteiger partial charge on any atom is 0.188 e. The zero-order valence-electron chi connectivity index (χ0n) is 14.1. The minimum absolute atomic E-state index is 0.161. The van der Waals surface area contributed by atoms with Gasteiger partial charge in [-0.3, -0.25) is 4.79 Å². The van der Waals surface area contributed by atoms with Gasteiger partial charge in [0.2, 0.25) is 0 Å². The highest BCUT2D eigenvalue weighted by atomic mass is 35.5. The molecule has 2 aromatic carbocycles. The summed E-state index contributed by atoms with van der Waals surface area (Å²) in [7, 11) is -3.79. The molecule has 0 aliphatic carbocycles. The van der Waals surface area contributed by atoms with Crippen molar-refractivity contribution in [1.29, 1.82) is 0 Å². The lowest BCUT2D eigenvalue weighted by Crippen LogP contribution is -2.17. The molecule has 0 bridgehead atoms. The Hall–Kier alpha value is -2.37. The number of carbonyl (C=O) groups is 1. The van der Waals surface area contributed by atoms with E-state index in [1.54, 1.807) is 60.7 Å². The molecule has 0 amide bonds. The van der Waals surface area contributed by atoms with Gasteiger partial charge < -0.3 is 4.42 Å². The summed E-state index contributed by atoms with van der Waals surface area (Å²) in [5, 5.41) is -0.584. The van der Waals surface area contributed by atoms with Crippen LogP contribution in [0.15, 0.2) is 76.2 Å². The number of halogens is 1. The SMILES string of the molecule is Cc1ccc(S(=O)(=O)[C@@H](CC(=O)c2ccc(Cl)cc2)c2ccco2)cc1. The Labute approximate surface area is 157 Å².